The first-order valence-corrected chi connectivity index (χ1v) is 5.98. The average Bonchev–Trinajstić information content (AvgIpc) is 2.26. The molecule has 4 nitrogen and oxygen atoms in total. The van der Waals surface area contributed by atoms with Gasteiger partial charge in [-0.1, -0.05) is 23.8 Å². The van der Waals surface area contributed by atoms with Crippen LogP contribution in [0.25, 0.3) is 0 Å². The van der Waals surface area contributed by atoms with E-state index in [4.69, 9.17) is 5.11 Å². The zero-order chi connectivity index (χ0) is 13.7. The Hall–Kier alpha value is -1.84. The normalized spacial score (nSPS) is 11.9. The summed E-state index contributed by atoms with van der Waals surface area (Å²) in [6, 6.07) is 5.96. The van der Waals surface area contributed by atoms with Crippen LogP contribution in [0.15, 0.2) is 18.2 Å². The Morgan fingerprint density at radius 1 is 1.28 bits per heavy atom. The van der Waals surface area contributed by atoms with Crippen molar-refractivity contribution in [3.63, 3.8) is 0 Å². The SMILES string of the molecule is Cc1ccc(C(C)NC(=O)CCC(=O)O)c(C)c1. The second-order valence-electron chi connectivity index (χ2n) is 4.54. The molecule has 0 saturated carbocycles. The summed E-state index contributed by atoms with van der Waals surface area (Å²) >= 11 is 0. The number of carboxylic acid groups (broad SMARTS) is 1. The van der Waals surface area contributed by atoms with Gasteiger partial charge >= 0.3 is 5.97 Å². The fourth-order valence-electron chi connectivity index (χ4n) is 1.92. The zero-order valence-corrected chi connectivity index (χ0v) is 11.0. The van der Waals surface area contributed by atoms with Crippen LogP contribution in [0.3, 0.4) is 0 Å². The topological polar surface area (TPSA) is 66.4 Å². The van der Waals surface area contributed by atoms with Gasteiger partial charge in [0.15, 0.2) is 0 Å². The lowest BCUT2D eigenvalue weighted by atomic mass is 10.0. The molecule has 0 aliphatic heterocycles. The lowest BCUT2D eigenvalue weighted by molar-refractivity contribution is -0.138. The Balaban J connectivity index is 2.62. The van der Waals surface area contributed by atoms with Crippen LogP contribution in [0.2, 0.25) is 0 Å². The van der Waals surface area contributed by atoms with Crippen molar-refractivity contribution in [3.8, 4) is 0 Å². The highest BCUT2D eigenvalue weighted by molar-refractivity contribution is 5.80. The van der Waals surface area contributed by atoms with Crippen molar-refractivity contribution in [1.82, 2.24) is 5.32 Å². The van der Waals surface area contributed by atoms with Gasteiger partial charge in [-0.3, -0.25) is 9.59 Å². The number of carboxylic acids is 1. The minimum absolute atomic E-state index is 0.0184. The molecule has 0 radical (unpaired) electrons. The number of hydrogen-bond donors (Lipinski definition) is 2. The summed E-state index contributed by atoms with van der Waals surface area (Å²) in [6.07, 6.45) is -0.115. The van der Waals surface area contributed by atoms with Crippen molar-refractivity contribution in [2.24, 2.45) is 0 Å². The first kappa shape index (κ1) is 14.2. The van der Waals surface area contributed by atoms with E-state index in [9.17, 15) is 9.59 Å². The second kappa shape index (κ2) is 6.19. The molecule has 0 saturated heterocycles. The maximum Gasteiger partial charge on any atom is 0.303 e. The molecule has 0 aliphatic rings. The Kier molecular flexibility index (Phi) is 4.89. The molecule has 2 N–H and O–H groups in total. The molecule has 0 bridgehead atoms. The van der Waals surface area contributed by atoms with Gasteiger partial charge in [-0.05, 0) is 31.9 Å². The van der Waals surface area contributed by atoms with Gasteiger partial charge in [-0.25, -0.2) is 0 Å². The number of carbonyl (C=O) groups excluding carboxylic acids is 1. The molecule has 18 heavy (non-hydrogen) atoms. The summed E-state index contributed by atoms with van der Waals surface area (Å²) < 4.78 is 0. The van der Waals surface area contributed by atoms with Crippen LogP contribution in [-0.4, -0.2) is 17.0 Å². The highest BCUT2D eigenvalue weighted by Crippen LogP contribution is 2.18. The maximum atomic E-state index is 11.5. The zero-order valence-electron chi connectivity index (χ0n) is 11.0. The first-order valence-electron chi connectivity index (χ1n) is 5.98. The van der Waals surface area contributed by atoms with E-state index >= 15 is 0 Å². The number of aryl methyl sites for hydroxylation is 2. The van der Waals surface area contributed by atoms with E-state index in [2.05, 4.69) is 11.4 Å². The standard InChI is InChI=1S/C14H19NO3/c1-9-4-5-12(10(2)8-9)11(3)15-13(16)6-7-14(17)18/h4-5,8,11H,6-7H2,1-3H3,(H,15,16)(H,17,18). The third-order valence-electron chi connectivity index (χ3n) is 2.84. The molecular weight excluding hydrogens is 230 g/mol. The molecule has 0 spiro atoms. The maximum absolute atomic E-state index is 11.5. The number of nitrogens with one attached hydrogen (secondary N) is 1. The molecule has 1 amide bonds. The van der Waals surface area contributed by atoms with Crippen molar-refractivity contribution in [2.45, 2.75) is 39.7 Å². The average molecular weight is 249 g/mol. The van der Waals surface area contributed by atoms with E-state index in [1.165, 1.54) is 5.56 Å². The molecule has 98 valence electrons. The van der Waals surface area contributed by atoms with Crippen LogP contribution in [0.1, 0.15) is 42.5 Å². The van der Waals surface area contributed by atoms with Crippen molar-refractivity contribution in [3.05, 3.63) is 34.9 Å². The molecule has 0 heterocycles. The lowest BCUT2D eigenvalue weighted by Crippen LogP contribution is -2.27. The Labute approximate surface area is 107 Å². The van der Waals surface area contributed by atoms with Crippen LogP contribution in [0, 0.1) is 13.8 Å². The van der Waals surface area contributed by atoms with Crippen LogP contribution in [0.5, 0.6) is 0 Å². The summed E-state index contributed by atoms with van der Waals surface area (Å²) in [5.74, 6) is -1.19. The van der Waals surface area contributed by atoms with Gasteiger partial charge < -0.3 is 10.4 Å². The van der Waals surface area contributed by atoms with E-state index in [0.717, 1.165) is 11.1 Å². The molecule has 0 aromatic heterocycles. The predicted molar refractivity (Wildman–Crippen MR) is 69.3 cm³/mol. The van der Waals surface area contributed by atoms with Gasteiger partial charge in [0.05, 0.1) is 12.5 Å². The number of rotatable bonds is 5. The second-order valence-corrected chi connectivity index (χ2v) is 4.54. The molecule has 1 unspecified atom stereocenters. The van der Waals surface area contributed by atoms with E-state index < -0.39 is 5.97 Å². The summed E-state index contributed by atoms with van der Waals surface area (Å²) in [4.78, 5) is 21.9. The van der Waals surface area contributed by atoms with Crippen molar-refractivity contribution < 1.29 is 14.7 Å². The van der Waals surface area contributed by atoms with Gasteiger partial charge in [0, 0.05) is 6.42 Å². The van der Waals surface area contributed by atoms with E-state index in [1.54, 1.807) is 0 Å². The molecule has 4 heteroatoms. The summed E-state index contributed by atoms with van der Waals surface area (Å²) in [5.41, 5.74) is 3.37. The van der Waals surface area contributed by atoms with Gasteiger partial charge in [0.1, 0.15) is 0 Å². The summed E-state index contributed by atoms with van der Waals surface area (Å²) in [7, 11) is 0. The smallest absolute Gasteiger partial charge is 0.303 e. The van der Waals surface area contributed by atoms with E-state index in [0.29, 0.717) is 0 Å². The van der Waals surface area contributed by atoms with Gasteiger partial charge in [0.25, 0.3) is 0 Å². The van der Waals surface area contributed by atoms with Crippen LogP contribution in [-0.2, 0) is 9.59 Å². The van der Waals surface area contributed by atoms with Crippen LogP contribution in [0.4, 0.5) is 0 Å². The number of benzene rings is 1. The van der Waals surface area contributed by atoms with Crippen molar-refractivity contribution >= 4 is 11.9 Å². The Morgan fingerprint density at radius 3 is 2.50 bits per heavy atom. The molecule has 1 aromatic rings. The third kappa shape index (κ3) is 4.20. The molecule has 0 fully saturated rings. The number of carbonyl (C=O) groups is 2. The highest BCUT2D eigenvalue weighted by Gasteiger charge is 2.12. The molecule has 1 rings (SSSR count). The molecule has 0 aliphatic carbocycles. The number of hydrogen-bond acceptors (Lipinski definition) is 2. The third-order valence-corrected chi connectivity index (χ3v) is 2.84. The quantitative estimate of drug-likeness (QED) is 0.841. The van der Waals surface area contributed by atoms with Gasteiger partial charge in [0.2, 0.25) is 5.91 Å². The minimum Gasteiger partial charge on any atom is -0.481 e. The Morgan fingerprint density at radius 2 is 1.94 bits per heavy atom. The summed E-state index contributed by atoms with van der Waals surface area (Å²) in [5, 5.41) is 11.3. The number of amides is 1. The van der Waals surface area contributed by atoms with Gasteiger partial charge in [-0.15, -0.1) is 0 Å². The van der Waals surface area contributed by atoms with E-state index in [-0.39, 0.29) is 24.8 Å². The highest BCUT2D eigenvalue weighted by atomic mass is 16.4. The fourth-order valence-corrected chi connectivity index (χ4v) is 1.92. The molecule has 1 atom stereocenters. The van der Waals surface area contributed by atoms with Crippen molar-refractivity contribution in [2.75, 3.05) is 0 Å². The van der Waals surface area contributed by atoms with Crippen molar-refractivity contribution in [1.29, 1.82) is 0 Å². The fraction of sp³-hybridized carbons (Fsp3) is 0.429. The summed E-state index contributed by atoms with van der Waals surface area (Å²) in [6.45, 7) is 5.92. The lowest BCUT2D eigenvalue weighted by Gasteiger charge is -2.17. The Bertz CT molecular complexity index is 454. The number of aliphatic carboxylic acids is 1. The van der Waals surface area contributed by atoms with Crippen LogP contribution >= 0.6 is 0 Å². The molecular formula is C14H19NO3. The largest absolute Gasteiger partial charge is 0.481 e. The predicted octanol–water partition coefficient (Wildman–Crippen LogP) is 2.35. The van der Waals surface area contributed by atoms with Gasteiger partial charge in [-0.2, -0.15) is 0 Å². The molecule has 1 aromatic carbocycles. The van der Waals surface area contributed by atoms with Crippen LogP contribution < -0.4 is 5.32 Å². The van der Waals surface area contributed by atoms with E-state index in [1.807, 2.05) is 32.9 Å². The monoisotopic (exact) mass is 249 g/mol. The minimum atomic E-state index is -0.954. The first-order chi connectivity index (χ1) is 8.40.